The number of hydrogen-bond donors (Lipinski definition) is 3. The molecule has 7 heteroatoms. The number of carbonyl (C=O) groups excluding carboxylic acids is 1. The summed E-state index contributed by atoms with van der Waals surface area (Å²) in [6.07, 6.45) is 4.20. The second-order valence-electron chi connectivity index (χ2n) is 7.41. The van der Waals surface area contributed by atoms with E-state index in [9.17, 15) is 14.7 Å². The number of carbonyl (C=O) groups is 1. The second kappa shape index (κ2) is 8.92. The minimum Gasteiger partial charge on any atom is -0.477 e. The fourth-order valence-electron chi connectivity index (χ4n) is 4.66. The summed E-state index contributed by atoms with van der Waals surface area (Å²) in [6.45, 7) is 7.52. The zero-order valence-electron chi connectivity index (χ0n) is 14.9. The van der Waals surface area contributed by atoms with Gasteiger partial charge >= 0.3 is 5.97 Å². The highest BCUT2D eigenvalue weighted by Gasteiger charge is 2.37. The first-order valence-corrected chi connectivity index (χ1v) is 9.58. The maximum Gasteiger partial charge on any atom is 0.344 e. The Hall–Kier alpha value is -1.24. The van der Waals surface area contributed by atoms with Crippen molar-refractivity contribution in [3.63, 3.8) is 0 Å². The van der Waals surface area contributed by atoms with E-state index in [0.717, 1.165) is 65.2 Å². The van der Waals surface area contributed by atoms with Crippen LogP contribution in [0, 0.1) is 5.92 Å². The molecule has 140 valence electrons. The highest BCUT2D eigenvalue weighted by molar-refractivity contribution is 5.96. The molecule has 0 aliphatic carbocycles. The van der Waals surface area contributed by atoms with Gasteiger partial charge in [-0.2, -0.15) is 0 Å². The molecule has 0 aromatic heterocycles. The van der Waals surface area contributed by atoms with E-state index in [-0.39, 0.29) is 17.5 Å². The van der Waals surface area contributed by atoms with Crippen molar-refractivity contribution in [2.24, 2.45) is 5.92 Å². The molecular weight excluding hydrogens is 320 g/mol. The summed E-state index contributed by atoms with van der Waals surface area (Å²) in [5.74, 6) is 0.864. The first-order valence-electron chi connectivity index (χ1n) is 9.58. The van der Waals surface area contributed by atoms with Gasteiger partial charge in [-0.05, 0) is 57.8 Å². The van der Waals surface area contributed by atoms with Gasteiger partial charge in [0.1, 0.15) is 11.5 Å². The van der Waals surface area contributed by atoms with Crippen molar-refractivity contribution in [2.75, 3.05) is 52.4 Å². The van der Waals surface area contributed by atoms with Gasteiger partial charge in [0, 0.05) is 32.2 Å². The summed E-state index contributed by atoms with van der Waals surface area (Å²) in [5, 5.41) is 16.2. The smallest absolute Gasteiger partial charge is 0.344 e. The van der Waals surface area contributed by atoms with Crippen molar-refractivity contribution in [1.29, 1.82) is 0 Å². The molecule has 3 fully saturated rings. The highest BCUT2D eigenvalue weighted by atomic mass is 16.4. The van der Waals surface area contributed by atoms with E-state index >= 15 is 0 Å². The van der Waals surface area contributed by atoms with Gasteiger partial charge in [0.05, 0.1) is 6.04 Å². The Balaban J connectivity index is 1.67. The lowest BCUT2D eigenvalue weighted by atomic mass is 9.84. The third kappa shape index (κ3) is 4.49. The van der Waals surface area contributed by atoms with Gasteiger partial charge in [-0.1, -0.05) is 0 Å². The largest absolute Gasteiger partial charge is 0.477 e. The molecule has 0 amide bonds. The molecular formula is C18H30N4O3. The molecule has 3 saturated heterocycles. The number of aliphatic carboxylic acids is 1. The van der Waals surface area contributed by atoms with Crippen LogP contribution in [0.4, 0.5) is 0 Å². The maximum atomic E-state index is 11.6. The predicted octanol–water partition coefficient (Wildman–Crippen LogP) is -0.433. The molecule has 3 N–H and O–H groups in total. The summed E-state index contributed by atoms with van der Waals surface area (Å²) < 4.78 is 0. The van der Waals surface area contributed by atoms with Crippen LogP contribution in [0.1, 0.15) is 25.7 Å². The van der Waals surface area contributed by atoms with Crippen LogP contribution in [0.2, 0.25) is 0 Å². The predicted molar refractivity (Wildman–Crippen MR) is 95.3 cm³/mol. The molecule has 1 unspecified atom stereocenters. The third-order valence-corrected chi connectivity index (χ3v) is 6.03. The molecule has 0 radical (unpaired) electrons. The van der Waals surface area contributed by atoms with E-state index in [4.69, 9.17) is 0 Å². The summed E-state index contributed by atoms with van der Waals surface area (Å²) in [4.78, 5) is 27.8. The summed E-state index contributed by atoms with van der Waals surface area (Å²) in [6, 6.07) is 0.341. The Morgan fingerprint density at radius 3 is 2.04 bits per heavy atom. The Morgan fingerprint density at radius 2 is 1.52 bits per heavy atom. The molecule has 3 heterocycles. The van der Waals surface area contributed by atoms with Gasteiger partial charge in [-0.25, -0.2) is 9.59 Å². The summed E-state index contributed by atoms with van der Waals surface area (Å²) in [7, 11) is 0. The van der Waals surface area contributed by atoms with Gasteiger partial charge < -0.3 is 15.7 Å². The molecule has 1 atom stereocenters. The van der Waals surface area contributed by atoms with Gasteiger partial charge in [-0.15, -0.1) is 0 Å². The summed E-state index contributed by atoms with van der Waals surface area (Å²) in [5.41, 5.74) is -0.0813. The number of nitrogens with zero attached hydrogens (tertiary/aromatic N) is 2. The zero-order chi connectivity index (χ0) is 17.6. The Kier molecular flexibility index (Phi) is 6.62. The molecule has 0 aromatic rings. The maximum absolute atomic E-state index is 11.6. The van der Waals surface area contributed by atoms with Crippen LogP contribution >= 0.6 is 0 Å². The molecule has 3 rings (SSSR count). The highest BCUT2D eigenvalue weighted by Crippen LogP contribution is 2.27. The van der Waals surface area contributed by atoms with Crippen LogP contribution in [-0.4, -0.2) is 91.3 Å². The van der Waals surface area contributed by atoms with Crippen molar-refractivity contribution in [3.8, 4) is 0 Å². The Morgan fingerprint density at radius 1 is 0.960 bits per heavy atom. The first-order chi connectivity index (χ1) is 12.2. The number of piperazine rings is 1. The van der Waals surface area contributed by atoms with E-state index in [1.54, 1.807) is 5.94 Å². The Bertz CT molecular complexity index is 500. The number of nitrogens with one attached hydrogen (secondary N) is 2. The van der Waals surface area contributed by atoms with E-state index in [1.807, 2.05) is 0 Å². The average Bonchev–Trinajstić information content (AvgIpc) is 2.67. The van der Waals surface area contributed by atoms with E-state index in [0.29, 0.717) is 6.04 Å². The molecule has 0 saturated carbocycles. The minimum atomic E-state index is -1.11. The van der Waals surface area contributed by atoms with Gasteiger partial charge in [0.15, 0.2) is 0 Å². The molecule has 0 bridgehead atoms. The lowest BCUT2D eigenvalue weighted by molar-refractivity contribution is -0.133. The van der Waals surface area contributed by atoms with Crippen LogP contribution in [0.15, 0.2) is 5.57 Å². The summed E-state index contributed by atoms with van der Waals surface area (Å²) >= 11 is 0. The van der Waals surface area contributed by atoms with Crippen molar-refractivity contribution in [3.05, 3.63) is 5.57 Å². The molecule has 25 heavy (non-hydrogen) atoms. The number of rotatable bonds is 5. The van der Waals surface area contributed by atoms with Crippen LogP contribution in [0.5, 0.6) is 0 Å². The van der Waals surface area contributed by atoms with Gasteiger partial charge in [-0.3, -0.25) is 9.80 Å². The van der Waals surface area contributed by atoms with Crippen molar-refractivity contribution >= 4 is 11.9 Å². The molecule has 0 spiro atoms. The topological polar surface area (TPSA) is 84.9 Å². The number of piperidine rings is 2. The Labute approximate surface area is 149 Å². The lowest BCUT2D eigenvalue weighted by Gasteiger charge is -2.45. The standard InChI is InChI=1S/C18H30N4O3/c23-13-16(18(24)25)17(14-1-5-19-6-2-14)22-11-9-21(10-12-22)15-3-7-20-8-4-15/h14-15,17,19-20H,1-12H2,(H,24,25). The van der Waals surface area contributed by atoms with Crippen molar-refractivity contribution < 1.29 is 14.7 Å². The number of carboxylic acids is 1. The van der Waals surface area contributed by atoms with Gasteiger partial charge in [0.2, 0.25) is 0 Å². The molecule has 0 aromatic carbocycles. The van der Waals surface area contributed by atoms with Crippen LogP contribution < -0.4 is 10.6 Å². The van der Waals surface area contributed by atoms with E-state index in [2.05, 4.69) is 20.4 Å². The molecule has 7 nitrogen and oxygen atoms in total. The monoisotopic (exact) mass is 350 g/mol. The van der Waals surface area contributed by atoms with E-state index < -0.39 is 5.97 Å². The third-order valence-electron chi connectivity index (χ3n) is 6.03. The van der Waals surface area contributed by atoms with Crippen LogP contribution in [0.25, 0.3) is 0 Å². The van der Waals surface area contributed by atoms with Crippen molar-refractivity contribution in [1.82, 2.24) is 20.4 Å². The van der Waals surface area contributed by atoms with Crippen LogP contribution in [-0.2, 0) is 9.59 Å². The van der Waals surface area contributed by atoms with Crippen LogP contribution in [0.3, 0.4) is 0 Å². The normalized spacial score (nSPS) is 26.1. The second-order valence-corrected chi connectivity index (χ2v) is 7.41. The van der Waals surface area contributed by atoms with E-state index in [1.165, 1.54) is 12.8 Å². The van der Waals surface area contributed by atoms with Gasteiger partial charge in [0.25, 0.3) is 0 Å². The average molecular weight is 350 g/mol. The zero-order valence-corrected chi connectivity index (χ0v) is 14.9. The molecule has 3 aliphatic heterocycles. The quantitative estimate of drug-likeness (QED) is 0.458. The minimum absolute atomic E-state index is 0.0813. The fourth-order valence-corrected chi connectivity index (χ4v) is 4.66. The first kappa shape index (κ1) is 18.5. The lowest BCUT2D eigenvalue weighted by Crippen LogP contribution is -2.57. The molecule has 3 aliphatic rings. The van der Waals surface area contributed by atoms with Crippen molar-refractivity contribution in [2.45, 2.75) is 37.8 Å². The number of carboxylic acid groups (broad SMARTS) is 1. The number of hydrogen-bond acceptors (Lipinski definition) is 6. The SMILES string of the molecule is O=C=C(C(=O)O)C(C1CCNCC1)N1CCN(C2CCNCC2)CC1. The fraction of sp³-hybridized carbons (Fsp3) is 0.833.